The molecule has 2 aliphatic rings. The van der Waals surface area contributed by atoms with Gasteiger partial charge in [-0.3, -0.25) is 4.99 Å². The molecule has 0 bridgehead atoms. The molecule has 6 rings (SSSR count). The summed E-state index contributed by atoms with van der Waals surface area (Å²) >= 11 is 0. The Morgan fingerprint density at radius 3 is 1.97 bits per heavy atom. The molecule has 2 heterocycles. The van der Waals surface area contributed by atoms with Crippen molar-refractivity contribution in [2.75, 3.05) is 9.80 Å². The maximum Gasteiger partial charge on any atom is 0.131 e. The highest BCUT2D eigenvalue weighted by atomic mass is 15.3. The summed E-state index contributed by atoms with van der Waals surface area (Å²) in [4.78, 5) is 14.7. The monoisotopic (exact) mass is 402 g/mol. The van der Waals surface area contributed by atoms with Crippen molar-refractivity contribution in [3.63, 3.8) is 0 Å². The fraction of sp³-hybridized carbons (Fsp3) is 0.111. The van der Waals surface area contributed by atoms with Crippen LogP contribution in [0.1, 0.15) is 13.8 Å². The summed E-state index contributed by atoms with van der Waals surface area (Å²) in [5, 5.41) is 1.94. The Morgan fingerprint density at radius 2 is 1.23 bits per heavy atom. The quantitative estimate of drug-likeness (QED) is 0.366. The first kappa shape index (κ1) is 17.9. The number of para-hydroxylation sites is 4. The zero-order valence-corrected chi connectivity index (χ0v) is 17.5. The van der Waals surface area contributed by atoms with Crippen molar-refractivity contribution < 1.29 is 0 Å². The van der Waals surface area contributed by atoms with E-state index in [1.807, 2.05) is 18.2 Å². The molecular weight excluding hydrogens is 380 g/mol. The van der Waals surface area contributed by atoms with Crippen LogP contribution < -0.4 is 20.5 Å². The van der Waals surface area contributed by atoms with Crippen molar-refractivity contribution in [3.05, 3.63) is 108 Å². The van der Waals surface area contributed by atoms with Crippen LogP contribution in [-0.2, 0) is 0 Å². The van der Waals surface area contributed by atoms with Crippen molar-refractivity contribution in [2.45, 2.75) is 19.5 Å². The molecule has 0 N–H and O–H groups in total. The second kappa shape index (κ2) is 6.54. The lowest BCUT2D eigenvalue weighted by Crippen LogP contribution is -2.36. The summed E-state index contributed by atoms with van der Waals surface area (Å²) < 4.78 is 0. The normalized spacial score (nSPS) is 15.4. The topological polar surface area (TPSA) is 31.2 Å². The molecule has 4 heteroatoms. The maximum absolute atomic E-state index is 5.09. The Kier molecular flexibility index (Phi) is 3.78. The van der Waals surface area contributed by atoms with Gasteiger partial charge >= 0.3 is 0 Å². The van der Waals surface area contributed by atoms with Crippen molar-refractivity contribution in [1.29, 1.82) is 0 Å². The minimum Gasteiger partial charge on any atom is -0.315 e. The molecule has 4 nitrogen and oxygen atoms in total. The van der Waals surface area contributed by atoms with Gasteiger partial charge in [-0.05, 0) is 62.4 Å². The first-order valence-electron chi connectivity index (χ1n) is 10.5. The lowest BCUT2D eigenvalue weighted by atomic mass is 10.1. The number of benzene rings is 4. The van der Waals surface area contributed by atoms with Crippen LogP contribution in [-0.4, -0.2) is 5.66 Å². The fourth-order valence-corrected chi connectivity index (χ4v) is 4.63. The summed E-state index contributed by atoms with van der Waals surface area (Å²) in [5.74, 6) is 0. The first-order valence-corrected chi connectivity index (χ1v) is 10.5. The first-order chi connectivity index (χ1) is 15.1. The number of rotatable bonds is 2. The SMILES string of the molecule is CC1(C)N=c2cc3c(cc2N1c1ccccc1)=Nc1ccccc1N3c1ccccc1. The molecule has 150 valence electrons. The number of fused-ring (bicyclic) bond motifs is 3. The van der Waals surface area contributed by atoms with Gasteiger partial charge in [0, 0.05) is 11.4 Å². The molecule has 0 aliphatic carbocycles. The van der Waals surface area contributed by atoms with Crippen LogP contribution >= 0.6 is 0 Å². The molecule has 0 unspecified atom stereocenters. The number of hydrogen-bond donors (Lipinski definition) is 0. The highest BCUT2D eigenvalue weighted by Crippen LogP contribution is 2.42. The third kappa shape index (κ3) is 2.76. The van der Waals surface area contributed by atoms with Gasteiger partial charge in [-0.25, -0.2) is 4.99 Å². The summed E-state index contributed by atoms with van der Waals surface area (Å²) in [6, 6.07) is 33.6. The Morgan fingerprint density at radius 1 is 0.613 bits per heavy atom. The van der Waals surface area contributed by atoms with Crippen LogP contribution in [0.3, 0.4) is 0 Å². The molecule has 0 saturated carbocycles. The van der Waals surface area contributed by atoms with Gasteiger partial charge in [-0.2, -0.15) is 0 Å². The second-order valence-electron chi connectivity index (χ2n) is 8.38. The molecule has 0 radical (unpaired) electrons. The highest BCUT2D eigenvalue weighted by Gasteiger charge is 2.35. The van der Waals surface area contributed by atoms with Gasteiger partial charge in [0.1, 0.15) is 5.66 Å². The van der Waals surface area contributed by atoms with Gasteiger partial charge in [-0.15, -0.1) is 0 Å². The lowest BCUT2D eigenvalue weighted by Gasteiger charge is -2.33. The van der Waals surface area contributed by atoms with Crippen molar-refractivity contribution in [3.8, 4) is 0 Å². The van der Waals surface area contributed by atoms with Crippen LogP contribution in [0.5, 0.6) is 0 Å². The van der Waals surface area contributed by atoms with E-state index < -0.39 is 0 Å². The zero-order chi connectivity index (χ0) is 21.0. The number of anilines is 5. The number of nitrogens with zero attached hydrogens (tertiary/aromatic N) is 4. The van der Waals surface area contributed by atoms with E-state index in [-0.39, 0.29) is 5.66 Å². The van der Waals surface area contributed by atoms with E-state index in [2.05, 4.69) is 103 Å². The zero-order valence-electron chi connectivity index (χ0n) is 17.5. The van der Waals surface area contributed by atoms with Crippen LogP contribution in [0.2, 0.25) is 0 Å². The predicted octanol–water partition coefficient (Wildman–Crippen LogP) is 5.93. The molecule has 0 amide bonds. The lowest BCUT2D eigenvalue weighted by molar-refractivity contribution is 0.544. The molecule has 4 aromatic carbocycles. The van der Waals surface area contributed by atoms with Gasteiger partial charge in [0.15, 0.2) is 0 Å². The Balaban J connectivity index is 1.63. The van der Waals surface area contributed by atoms with E-state index in [4.69, 9.17) is 9.98 Å². The average Bonchev–Trinajstić information content (AvgIpc) is 3.05. The summed E-state index contributed by atoms with van der Waals surface area (Å²) in [5.41, 5.74) is 6.06. The molecule has 0 fully saturated rings. The fourth-order valence-electron chi connectivity index (χ4n) is 4.63. The van der Waals surface area contributed by atoms with E-state index in [0.29, 0.717) is 0 Å². The Hall–Kier alpha value is -3.92. The van der Waals surface area contributed by atoms with E-state index in [0.717, 1.165) is 44.8 Å². The summed E-state index contributed by atoms with van der Waals surface area (Å²) in [6.07, 6.45) is 0. The molecule has 2 aliphatic heterocycles. The third-order valence-corrected chi connectivity index (χ3v) is 5.89. The van der Waals surface area contributed by atoms with Gasteiger partial charge in [0.25, 0.3) is 0 Å². The molecule has 0 saturated heterocycles. The average molecular weight is 403 g/mol. The van der Waals surface area contributed by atoms with Crippen LogP contribution in [0.25, 0.3) is 0 Å². The second-order valence-corrected chi connectivity index (χ2v) is 8.38. The summed E-state index contributed by atoms with van der Waals surface area (Å²) in [7, 11) is 0. The summed E-state index contributed by atoms with van der Waals surface area (Å²) in [6.45, 7) is 4.31. The van der Waals surface area contributed by atoms with Crippen molar-refractivity contribution >= 4 is 34.1 Å². The third-order valence-electron chi connectivity index (χ3n) is 5.89. The standard InChI is InChI=1S/C27H22N4/c1-27(2)29-23-18-25-22(17-26(23)31(27)20-13-7-4-8-14-20)28-21-15-9-10-16-24(21)30(25)19-11-5-3-6-12-19/h3-18H,1-2H3. The highest BCUT2D eigenvalue weighted by molar-refractivity contribution is 5.86. The molecule has 0 aromatic heterocycles. The van der Waals surface area contributed by atoms with Crippen LogP contribution in [0, 0.1) is 0 Å². The largest absolute Gasteiger partial charge is 0.315 e. The van der Waals surface area contributed by atoms with Crippen molar-refractivity contribution in [1.82, 2.24) is 0 Å². The van der Waals surface area contributed by atoms with Gasteiger partial charge in [-0.1, -0.05) is 48.5 Å². The minimum atomic E-state index is -0.377. The minimum absolute atomic E-state index is 0.377. The molecule has 0 spiro atoms. The van der Waals surface area contributed by atoms with E-state index in [9.17, 15) is 0 Å². The number of hydrogen-bond acceptors (Lipinski definition) is 4. The molecular formula is C27H22N4. The van der Waals surface area contributed by atoms with Gasteiger partial charge in [0.2, 0.25) is 0 Å². The molecule has 4 aromatic rings. The van der Waals surface area contributed by atoms with E-state index in [1.165, 1.54) is 0 Å². The van der Waals surface area contributed by atoms with E-state index in [1.54, 1.807) is 0 Å². The van der Waals surface area contributed by atoms with Crippen LogP contribution in [0.15, 0.2) is 107 Å². The van der Waals surface area contributed by atoms with E-state index >= 15 is 0 Å². The smallest absolute Gasteiger partial charge is 0.131 e. The Bertz CT molecular complexity index is 1410. The Labute approximate surface area is 181 Å². The van der Waals surface area contributed by atoms with Crippen molar-refractivity contribution in [2.24, 2.45) is 9.98 Å². The van der Waals surface area contributed by atoms with Gasteiger partial charge < -0.3 is 9.80 Å². The molecule has 0 atom stereocenters. The predicted molar refractivity (Wildman–Crippen MR) is 126 cm³/mol. The van der Waals surface area contributed by atoms with Crippen LogP contribution in [0.4, 0.5) is 34.1 Å². The van der Waals surface area contributed by atoms with Gasteiger partial charge in [0.05, 0.1) is 33.5 Å². The maximum atomic E-state index is 5.09. The molecule has 31 heavy (non-hydrogen) atoms.